The van der Waals surface area contributed by atoms with E-state index in [0.29, 0.717) is 0 Å². The first-order valence-electron chi connectivity index (χ1n) is 5.31. The molecule has 1 aliphatic rings. The van der Waals surface area contributed by atoms with E-state index < -0.39 is 5.97 Å². The Morgan fingerprint density at radius 1 is 1.71 bits per heavy atom. The van der Waals surface area contributed by atoms with Crippen LogP contribution < -0.4 is 0 Å². The van der Waals surface area contributed by atoms with Crippen molar-refractivity contribution < 1.29 is 9.90 Å². The van der Waals surface area contributed by atoms with Crippen molar-refractivity contribution in [3.05, 3.63) is 23.8 Å². The number of carbonyl (C=O) groups is 1. The number of hydrogen-bond acceptors (Lipinski definition) is 1. The predicted molar refractivity (Wildman–Crippen MR) is 57.1 cm³/mol. The summed E-state index contributed by atoms with van der Waals surface area (Å²) in [7, 11) is 0. The highest BCUT2D eigenvalue weighted by Gasteiger charge is 2.15. The second kappa shape index (κ2) is 5.63. The maximum atomic E-state index is 10.5. The molecule has 14 heavy (non-hydrogen) atoms. The van der Waals surface area contributed by atoms with E-state index in [2.05, 4.69) is 19.1 Å². The van der Waals surface area contributed by atoms with Gasteiger partial charge in [-0.05, 0) is 18.8 Å². The Bertz CT molecular complexity index is 251. The fraction of sp³-hybridized carbons (Fsp3) is 0.583. The highest BCUT2D eigenvalue weighted by atomic mass is 16.4. The van der Waals surface area contributed by atoms with Crippen molar-refractivity contribution in [3.8, 4) is 0 Å². The van der Waals surface area contributed by atoms with Crippen LogP contribution in [0.25, 0.3) is 0 Å². The van der Waals surface area contributed by atoms with Crippen LogP contribution >= 0.6 is 0 Å². The van der Waals surface area contributed by atoms with Gasteiger partial charge in [0.05, 0.1) is 6.42 Å². The molecule has 0 spiro atoms. The van der Waals surface area contributed by atoms with Crippen LogP contribution in [0.15, 0.2) is 23.8 Å². The van der Waals surface area contributed by atoms with Gasteiger partial charge >= 0.3 is 5.97 Å². The number of hydrogen-bond donors (Lipinski definition) is 1. The summed E-state index contributed by atoms with van der Waals surface area (Å²) in [5.41, 5.74) is 1.31. The average Bonchev–Trinajstić information content (AvgIpc) is 2.52. The first kappa shape index (κ1) is 11.0. The molecular weight excluding hydrogens is 176 g/mol. The van der Waals surface area contributed by atoms with E-state index in [1.807, 2.05) is 6.08 Å². The fourth-order valence-electron chi connectivity index (χ4n) is 1.71. The zero-order valence-corrected chi connectivity index (χ0v) is 8.70. The van der Waals surface area contributed by atoms with E-state index in [1.54, 1.807) is 0 Å². The third-order valence-electron chi connectivity index (χ3n) is 2.48. The van der Waals surface area contributed by atoms with Crippen LogP contribution in [0.4, 0.5) is 0 Å². The smallest absolute Gasteiger partial charge is 0.303 e. The normalized spacial score (nSPS) is 23.2. The topological polar surface area (TPSA) is 37.3 Å². The Morgan fingerprint density at radius 2 is 2.50 bits per heavy atom. The first-order chi connectivity index (χ1) is 6.72. The Kier molecular flexibility index (Phi) is 4.44. The lowest BCUT2D eigenvalue weighted by Crippen LogP contribution is -2.02. The molecule has 1 N–H and O–H groups in total. The third-order valence-corrected chi connectivity index (χ3v) is 2.48. The van der Waals surface area contributed by atoms with Gasteiger partial charge in [-0.25, -0.2) is 0 Å². The van der Waals surface area contributed by atoms with Crippen molar-refractivity contribution >= 4 is 5.97 Å². The lowest BCUT2D eigenvalue weighted by molar-refractivity contribution is -0.137. The van der Waals surface area contributed by atoms with Crippen molar-refractivity contribution in [1.82, 2.24) is 0 Å². The van der Waals surface area contributed by atoms with E-state index in [-0.39, 0.29) is 12.3 Å². The van der Waals surface area contributed by atoms with E-state index >= 15 is 0 Å². The molecule has 1 aliphatic carbocycles. The minimum Gasteiger partial charge on any atom is -0.481 e. The van der Waals surface area contributed by atoms with Crippen molar-refractivity contribution in [3.63, 3.8) is 0 Å². The van der Waals surface area contributed by atoms with Crippen molar-refractivity contribution in [2.24, 2.45) is 5.92 Å². The monoisotopic (exact) mass is 194 g/mol. The van der Waals surface area contributed by atoms with Gasteiger partial charge in [0.25, 0.3) is 0 Å². The number of allylic oxidation sites excluding steroid dienone is 4. The molecule has 0 aliphatic heterocycles. The highest BCUT2D eigenvalue weighted by Crippen LogP contribution is 2.25. The molecule has 0 bridgehead atoms. The van der Waals surface area contributed by atoms with Gasteiger partial charge in [0, 0.05) is 0 Å². The summed E-state index contributed by atoms with van der Waals surface area (Å²) < 4.78 is 0. The number of carboxylic acid groups (broad SMARTS) is 1. The molecule has 0 heterocycles. The van der Waals surface area contributed by atoms with Gasteiger partial charge < -0.3 is 5.11 Å². The van der Waals surface area contributed by atoms with Gasteiger partial charge in [-0.15, -0.1) is 0 Å². The van der Waals surface area contributed by atoms with E-state index in [0.717, 1.165) is 12.8 Å². The number of rotatable bonds is 5. The molecular formula is C12H18O2. The van der Waals surface area contributed by atoms with Crippen molar-refractivity contribution in [2.75, 3.05) is 0 Å². The van der Waals surface area contributed by atoms with Crippen LogP contribution in [0.3, 0.4) is 0 Å². The molecule has 0 aromatic carbocycles. The van der Waals surface area contributed by atoms with Gasteiger partial charge in [-0.3, -0.25) is 4.79 Å². The SMILES string of the molecule is CCCC/C=C1\C=CC(CC(=O)O)C1. The van der Waals surface area contributed by atoms with Gasteiger partial charge in [0.15, 0.2) is 0 Å². The molecule has 0 fully saturated rings. The molecule has 0 aromatic heterocycles. The minimum absolute atomic E-state index is 0.223. The molecule has 1 atom stereocenters. The van der Waals surface area contributed by atoms with Crippen LogP contribution in [0.5, 0.6) is 0 Å². The van der Waals surface area contributed by atoms with E-state index in [4.69, 9.17) is 5.11 Å². The van der Waals surface area contributed by atoms with Crippen LogP contribution in [0.2, 0.25) is 0 Å². The Morgan fingerprint density at radius 3 is 3.14 bits per heavy atom. The van der Waals surface area contributed by atoms with E-state index in [9.17, 15) is 4.79 Å². The fourth-order valence-corrected chi connectivity index (χ4v) is 1.71. The third kappa shape index (κ3) is 3.77. The molecule has 0 saturated heterocycles. The number of unbranched alkanes of at least 4 members (excludes halogenated alkanes) is 2. The summed E-state index contributed by atoms with van der Waals surface area (Å²) >= 11 is 0. The predicted octanol–water partition coefficient (Wildman–Crippen LogP) is 3.15. The molecule has 2 nitrogen and oxygen atoms in total. The molecule has 0 saturated carbocycles. The maximum absolute atomic E-state index is 10.5. The molecule has 0 radical (unpaired) electrons. The molecule has 1 unspecified atom stereocenters. The number of aliphatic carboxylic acids is 1. The molecule has 0 amide bonds. The Labute approximate surface area is 85.3 Å². The van der Waals surface area contributed by atoms with Crippen LogP contribution in [-0.4, -0.2) is 11.1 Å². The van der Waals surface area contributed by atoms with Gasteiger partial charge in [-0.2, -0.15) is 0 Å². The van der Waals surface area contributed by atoms with E-state index in [1.165, 1.54) is 18.4 Å². The first-order valence-corrected chi connectivity index (χ1v) is 5.31. The summed E-state index contributed by atoms with van der Waals surface area (Å²) in [6.45, 7) is 2.18. The summed E-state index contributed by atoms with van der Waals surface area (Å²) in [5.74, 6) is -0.477. The lowest BCUT2D eigenvalue weighted by Gasteiger charge is -2.02. The quantitative estimate of drug-likeness (QED) is 0.682. The van der Waals surface area contributed by atoms with Gasteiger partial charge in [0.2, 0.25) is 0 Å². The number of carboxylic acids is 1. The van der Waals surface area contributed by atoms with Gasteiger partial charge in [0.1, 0.15) is 0 Å². The summed E-state index contributed by atoms with van der Waals surface area (Å²) in [5, 5.41) is 8.62. The van der Waals surface area contributed by atoms with Crippen molar-refractivity contribution in [1.29, 1.82) is 0 Å². The largest absolute Gasteiger partial charge is 0.481 e. The maximum Gasteiger partial charge on any atom is 0.303 e. The lowest BCUT2D eigenvalue weighted by atomic mass is 10.0. The average molecular weight is 194 g/mol. The second-order valence-electron chi connectivity index (χ2n) is 3.84. The summed E-state index contributed by atoms with van der Waals surface area (Å²) in [6.07, 6.45) is 11.1. The molecule has 0 aromatic rings. The minimum atomic E-state index is -0.700. The van der Waals surface area contributed by atoms with Crippen LogP contribution in [0.1, 0.15) is 39.0 Å². The van der Waals surface area contributed by atoms with Crippen molar-refractivity contribution in [2.45, 2.75) is 39.0 Å². The second-order valence-corrected chi connectivity index (χ2v) is 3.84. The summed E-state index contributed by atoms with van der Waals surface area (Å²) in [4.78, 5) is 10.5. The Hall–Kier alpha value is -1.05. The molecule has 1 rings (SSSR count). The van der Waals surface area contributed by atoms with Crippen LogP contribution in [-0.2, 0) is 4.79 Å². The Balaban J connectivity index is 2.31. The zero-order valence-electron chi connectivity index (χ0n) is 8.70. The van der Waals surface area contributed by atoms with Crippen LogP contribution in [0, 0.1) is 5.92 Å². The standard InChI is InChI=1S/C12H18O2/c1-2-3-4-5-10-6-7-11(8-10)9-12(13)14/h5-7,11H,2-4,8-9H2,1H3,(H,13,14)/b10-5+. The summed E-state index contributed by atoms with van der Waals surface area (Å²) in [6, 6.07) is 0. The highest BCUT2D eigenvalue weighted by molar-refractivity contribution is 5.67. The zero-order chi connectivity index (χ0) is 10.4. The molecule has 78 valence electrons. The van der Waals surface area contributed by atoms with Gasteiger partial charge in [-0.1, -0.05) is 43.6 Å². The molecule has 2 heteroatoms.